The number of hydrogen-bond donors (Lipinski definition) is 2. The Kier molecular flexibility index (Phi) is 7.23. The standard InChI is InChI=1S/C23H30FN3O2/c1-23(2,20-9-5-6-10-21(20)24)17-26-22(28)25-15-18-7-3-4-8-19(18)16-27-11-13-29-14-12-27/h3-10H,11-17H2,1-2H3,(H2,25,26,28). The minimum absolute atomic E-state index is 0.253. The Morgan fingerprint density at radius 3 is 2.41 bits per heavy atom. The monoisotopic (exact) mass is 399 g/mol. The van der Waals surface area contributed by atoms with Crippen LogP contribution in [0.2, 0.25) is 0 Å². The van der Waals surface area contributed by atoms with E-state index in [1.165, 1.54) is 11.6 Å². The van der Waals surface area contributed by atoms with Crippen molar-refractivity contribution in [3.05, 3.63) is 71.0 Å². The van der Waals surface area contributed by atoms with Gasteiger partial charge in [-0.25, -0.2) is 9.18 Å². The van der Waals surface area contributed by atoms with Crippen LogP contribution in [0.3, 0.4) is 0 Å². The van der Waals surface area contributed by atoms with E-state index < -0.39 is 5.41 Å². The van der Waals surface area contributed by atoms with Gasteiger partial charge in [0.1, 0.15) is 5.82 Å². The molecule has 1 aliphatic rings. The van der Waals surface area contributed by atoms with E-state index in [4.69, 9.17) is 4.74 Å². The summed E-state index contributed by atoms with van der Waals surface area (Å²) >= 11 is 0. The molecule has 1 fully saturated rings. The van der Waals surface area contributed by atoms with E-state index in [1.807, 2.05) is 38.1 Å². The minimum atomic E-state index is -0.503. The predicted molar refractivity (Wildman–Crippen MR) is 112 cm³/mol. The van der Waals surface area contributed by atoms with Crippen LogP contribution in [0.4, 0.5) is 9.18 Å². The third kappa shape index (κ3) is 6.02. The van der Waals surface area contributed by atoms with Gasteiger partial charge in [0.15, 0.2) is 0 Å². The van der Waals surface area contributed by atoms with Crippen molar-refractivity contribution < 1.29 is 13.9 Å². The molecule has 0 unspecified atom stereocenters. The van der Waals surface area contributed by atoms with Crippen molar-refractivity contribution >= 4 is 6.03 Å². The summed E-state index contributed by atoms with van der Waals surface area (Å²) in [4.78, 5) is 14.7. The SMILES string of the molecule is CC(C)(CNC(=O)NCc1ccccc1CN1CCOCC1)c1ccccc1F. The summed E-state index contributed by atoms with van der Waals surface area (Å²) in [6, 6.07) is 14.6. The fraction of sp³-hybridized carbons (Fsp3) is 0.435. The van der Waals surface area contributed by atoms with Gasteiger partial charge in [-0.1, -0.05) is 56.3 Å². The number of urea groups is 1. The van der Waals surface area contributed by atoms with Crippen LogP contribution in [0, 0.1) is 5.82 Å². The molecular weight excluding hydrogens is 369 g/mol. The summed E-state index contributed by atoms with van der Waals surface area (Å²) in [6.45, 7) is 8.86. The van der Waals surface area contributed by atoms with Crippen molar-refractivity contribution in [3.63, 3.8) is 0 Å². The second kappa shape index (κ2) is 9.85. The largest absolute Gasteiger partial charge is 0.379 e. The van der Waals surface area contributed by atoms with Crippen molar-refractivity contribution in [1.29, 1.82) is 0 Å². The fourth-order valence-corrected chi connectivity index (χ4v) is 3.53. The number of nitrogens with zero attached hydrogens (tertiary/aromatic N) is 1. The van der Waals surface area contributed by atoms with Gasteiger partial charge in [-0.05, 0) is 22.8 Å². The van der Waals surface area contributed by atoms with Crippen LogP contribution in [0.15, 0.2) is 48.5 Å². The number of amides is 2. The van der Waals surface area contributed by atoms with Gasteiger partial charge >= 0.3 is 6.03 Å². The van der Waals surface area contributed by atoms with Gasteiger partial charge in [-0.3, -0.25) is 4.90 Å². The molecule has 2 aromatic carbocycles. The number of carbonyl (C=O) groups excluding carboxylic acids is 1. The molecule has 3 rings (SSSR count). The molecule has 156 valence electrons. The summed E-state index contributed by atoms with van der Waals surface area (Å²) in [7, 11) is 0. The van der Waals surface area contributed by atoms with Gasteiger partial charge in [-0.15, -0.1) is 0 Å². The van der Waals surface area contributed by atoms with E-state index in [-0.39, 0.29) is 11.8 Å². The quantitative estimate of drug-likeness (QED) is 0.750. The van der Waals surface area contributed by atoms with Crippen molar-refractivity contribution in [2.24, 2.45) is 0 Å². The van der Waals surface area contributed by atoms with E-state index >= 15 is 0 Å². The van der Waals surface area contributed by atoms with Gasteiger partial charge in [0.2, 0.25) is 0 Å². The van der Waals surface area contributed by atoms with Crippen molar-refractivity contribution in [3.8, 4) is 0 Å². The number of halogens is 1. The van der Waals surface area contributed by atoms with Gasteiger partial charge < -0.3 is 15.4 Å². The molecule has 29 heavy (non-hydrogen) atoms. The molecule has 0 aliphatic carbocycles. The molecule has 2 N–H and O–H groups in total. The van der Waals surface area contributed by atoms with E-state index in [9.17, 15) is 9.18 Å². The van der Waals surface area contributed by atoms with Crippen LogP contribution < -0.4 is 10.6 Å². The third-order valence-electron chi connectivity index (χ3n) is 5.35. The number of nitrogens with one attached hydrogen (secondary N) is 2. The molecule has 5 nitrogen and oxygen atoms in total. The molecule has 0 radical (unpaired) electrons. The predicted octanol–water partition coefficient (Wildman–Crippen LogP) is 3.43. The van der Waals surface area contributed by atoms with Crippen LogP contribution >= 0.6 is 0 Å². The molecule has 0 bridgehead atoms. The first-order valence-corrected chi connectivity index (χ1v) is 10.1. The van der Waals surface area contributed by atoms with Gasteiger partial charge in [-0.2, -0.15) is 0 Å². The van der Waals surface area contributed by atoms with Crippen molar-refractivity contribution in [2.45, 2.75) is 32.4 Å². The molecule has 0 aromatic heterocycles. The highest BCUT2D eigenvalue weighted by Gasteiger charge is 2.24. The lowest BCUT2D eigenvalue weighted by Gasteiger charge is -2.27. The Labute approximate surface area is 172 Å². The van der Waals surface area contributed by atoms with E-state index in [0.717, 1.165) is 38.4 Å². The molecule has 1 heterocycles. The average molecular weight is 400 g/mol. The first-order chi connectivity index (χ1) is 14.0. The maximum Gasteiger partial charge on any atom is 0.315 e. The van der Waals surface area contributed by atoms with Crippen LogP contribution in [0.1, 0.15) is 30.5 Å². The normalized spacial score (nSPS) is 15.1. The van der Waals surface area contributed by atoms with Gasteiger partial charge in [0.25, 0.3) is 0 Å². The summed E-state index contributed by atoms with van der Waals surface area (Å²) in [6.07, 6.45) is 0. The summed E-state index contributed by atoms with van der Waals surface area (Å²) < 4.78 is 19.5. The van der Waals surface area contributed by atoms with Crippen LogP contribution in [-0.2, 0) is 23.2 Å². The molecule has 1 aliphatic heterocycles. The smallest absolute Gasteiger partial charge is 0.315 e. The Morgan fingerprint density at radius 2 is 1.69 bits per heavy atom. The molecule has 2 amide bonds. The number of ether oxygens (including phenoxy) is 1. The second-order valence-corrected chi connectivity index (χ2v) is 8.06. The number of benzene rings is 2. The van der Waals surface area contributed by atoms with Gasteiger partial charge in [0.05, 0.1) is 13.2 Å². The summed E-state index contributed by atoms with van der Waals surface area (Å²) in [5.41, 5.74) is 2.40. The summed E-state index contributed by atoms with van der Waals surface area (Å²) in [5, 5.41) is 5.80. The second-order valence-electron chi connectivity index (χ2n) is 8.06. The topological polar surface area (TPSA) is 53.6 Å². The maximum absolute atomic E-state index is 14.1. The minimum Gasteiger partial charge on any atom is -0.379 e. The Morgan fingerprint density at radius 1 is 1.03 bits per heavy atom. The van der Waals surface area contributed by atoms with Crippen LogP contribution in [-0.4, -0.2) is 43.8 Å². The van der Waals surface area contributed by atoms with Crippen molar-refractivity contribution in [2.75, 3.05) is 32.8 Å². The van der Waals surface area contributed by atoms with Crippen molar-refractivity contribution in [1.82, 2.24) is 15.5 Å². The average Bonchev–Trinajstić information content (AvgIpc) is 2.73. The molecule has 2 aromatic rings. The first-order valence-electron chi connectivity index (χ1n) is 10.1. The highest BCUT2D eigenvalue weighted by molar-refractivity contribution is 5.74. The highest BCUT2D eigenvalue weighted by atomic mass is 19.1. The van der Waals surface area contributed by atoms with Crippen LogP contribution in [0.25, 0.3) is 0 Å². The van der Waals surface area contributed by atoms with E-state index in [1.54, 1.807) is 12.1 Å². The zero-order chi connectivity index (χ0) is 20.7. The number of rotatable bonds is 7. The third-order valence-corrected chi connectivity index (χ3v) is 5.35. The fourth-order valence-electron chi connectivity index (χ4n) is 3.53. The highest BCUT2D eigenvalue weighted by Crippen LogP contribution is 2.24. The Bertz CT molecular complexity index is 819. The lowest BCUT2D eigenvalue weighted by Crippen LogP contribution is -2.42. The summed E-state index contributed by atoms with van der Waals surface area (Å²) in [5.74, 6) is -0.253. The molecule has 0 spiro atoms. The molecule has 6 heteroatoms. The number of morpholine rings is 1. The van der Waals surface area contributed by atoms with Gasteiger partial charge in [0, 0.05) is 38.1 Å². The molecule has 0 atom stereocenters. The zero-order valence-electron chi connectivity index (χ0n) is 17.2. The van der Waals surface area contributed by atoms with E-state index in [2.05, 4.69) is 21.6 Å². The zero-order valence-corrected chi connectivity index (χ0v) is 17.2. The number of hydrogen-bond acceptors (Lipinski definition) is 3. The lowest BCUT2D eigenvalue weighted by atomic mass is 9.84. The Balaban J connectivity index is 1.52. The Hall–Kier alpha value is -2.44. The lowest BCUT2D eigenvalue weighted by molar-refractivity contribution is 0.0341. The van der Waals surface area contributed by atoms with E-state index in [0.29, 0.717) is 18.7 Å². The van der Waals surface area contributed by atoms with Crippen LogP contribution in [0.5, 0.6) is 0 Å². The maximum atomic E-state index is 14.1. The number of carbonyl (C=O) groups is 1. The molecular formula is C23H30FN3O2. The first kappa shape index (κ1) is 21.3. The molecule has 0 saturated carbocycles. The molecule has 1 saturated heterocycles.